The molecule has 0 fully saturated rings. The van der Waals surface area contributed by atoms with E-state index in [1.165, 1.54) is 0 Å². The number of thioether (sulfide) groups is 1. The molecule has 116 valence electrons. The first kappa shape index (κ1) is 17.4. The van der Waals surface area contributed by atoms with E-state index in [4.69, 9.17) is 0 Å². The second-order valence-corrected chi connectivity index (χ2v) is 5.29. The van der Waals surface area contributed by atoms with Crippen LogP contribution in [0.5, 0.6) is 0 Å². The fourth-order valence-corrected chi connectivity index (χ4v) is 1.91. The number of rotatable bonds is 8. The molecule has 0 saturated carbocycles. The summed E-state index contributed by atoms with van der Waals surface area (Å²) in [6.45, 7) is 4.83. The minimum atomic E-state index is -0.0540. The standard InChI is InChI=1S/C15H24N4OS/c1-3-16-15(19-11-12-21-2)18-10-9-17-14(20)13-7-5-4-6-8-13/h4-8H,3,9-12H2,1-2H3,(H,17,20)(H2,16,18,19). The molecule has 0 saturated heterocycles. The van der Waals surface area contributed by atoms with Crippen molar-refractivity contribution in [2.45, 2.75) is 6.92 Å². The summed E-state index contributed by atoms with van der Waals surface area (Å²) in [5.41, 5.74) is 0.679. The number of aliphatic imine (C=N–C) groups is 1. The average molecular weight is 308 g/mol. The van der Waals surface area contributed by atoms with Crippen LogP contribution in [0.2, 0.25) is 0 Å². The first-order valence-electron chi connectivity index (χ1n) is 7.12. The lowest BCUT2D eigenvalue weighted by Crippen LogP contribution is -2.41. The van der Waals surface area contributed by atoms with E-state index >= 15 is 0 Å². The summed E-state index contributed by atoms with van der Waals surface area (Å²) in [6, 6.07) is 9.21. The molecule has 3 N–H and O–H groups in total. The Morgan fingerprint density at radius 1 is 1.14 bits per heavy atom. The summed E-state index contributed by atoms with van der Waals surface area (Å²) in [5, 5.41) is 9.25. The molecule has 0 aromatic heterocycles. The first-order chi connectivity index (χ1) is 10.3. The largest absolute Gasteiger partial charge is 0.357 e. The Morgan fingerprint density at radius 3 is 2.52 bits per heavy atom. The van der Waals surface area contributed by atoms with Crippen LogP contribution in [0.25, 0.3) is 0 Å². The van der Waals surface area contributed by atoms with Crippen molar-refractivity contribution in [1.82, 2.24) is 16.0 Å². The number of amides is 1. The Labute approximate surface area is 131 Å². The van der Waals surface area contributed by atoms with E-state index < -0.39 is 0 Å². The minimum Gasteiger partial charge on any atom is -0.357 e. The van der Waals surface area contributed by atoms with Gasteiger partial charge >= 0.3 is 0 Å². The molecule has 5 nitrogen and oxygen atoms in total. The fourth-order valence-electron chi connectivity index (χ4n) is 1.64. The quantitative estimate of drug-likeness (QED) is 0.385. The Morgan fingerprint density at radius 2 is 1.86 bits per heavy atom. The number of carbonyl (C=O) groups is 1. The lowest BCUT2D eigenvalue weighted by Gasteiger charge is -2.11. The lowest BCUT2D eigenvalue weighted by molar-refractivity contribution is 0.0954. The van der Waals surface area contributed by atoms with E-state index in [0.29, 0.717) is 18.7 Å². The summed E-state index contributed by atoms with van der Waals surface area (Å²) in [5.74, 6) is 1.74. The van der Waals surface area contributed by atoms with E-state index in [1.807, 2.05) is 25.1 Å². The molecule has 0 unspecified atom stereocenters. The number of hydrogen-bond acceptors (Lipinski definition) is 3. The van der Waals surface area contributed by atoms with Crippen LogP contribution < -0.4 is 16.0 Å². The number of carbonyl (C=O) groups excluding carboxylic acids is 1. The van der Waals surface area contributed by atoms with Gasteiger partial charge in [-0.1, -0.05) is 18.2 Å². The molecule has 0 radical (unpaired) electrons. The molecule has 1 aromatic carbocycles. The maximum absolute atomic E-state index is 11.8. The Hall–Kier alpha value is -1.69. The second-order valence-electron chi connectivity index (χ2n) is 4.30. The van der Waals surface area contributed by atoms with Crippen molar-refractivity contribution < 1.29 is 4.79 Å². The zero-order chi connectivity index (χ0) is 15.3. The van der Waals surface area contributed by atoms with Crippen LogP contribution in [0.3, 0.4) is 0 Å². The molecule has 0 aliphatic heterocycles. The van der Waals surface area contributed by atoms with Gasteiger partial charge in [-0.3, -0.25) is 9.79 Å². The summed E-state index contributed by atoms with van der Waals surface area (Å²) < 4.78 is 0. The summed E-state index contributed by atoms with van der Waals surface area (Å²) in [4.78, 5) is 16.3. The van der Waals surface area contributed by atoms with Crippen LogP contribution in [-0.2, 0) is 0 Å². The first-order valence-corrected chi connectivity index (χ1v) is 8.51. The van der Waals surface area contributed by atoms with Gasteiger partial charge < -0.3 is 16.0 Å². The van der Waals surface area contributed by atoms with Gasteiger partial charge in [0.1, 0.15) is 0 Å². The van der Waals surface area contributed by atoms with Crippen molar-refractivity contribution in [2.24, 2.45) is 4.99 Å². The number of hydrogen-bond donors (Lipinski definition) is 3. The molecule has 0 atom stereocenters. The summed E-state index contributed by atoms with van der Waals surface area (Å²) in [6.07, 6.45) is 2.06. The van der Waals surface area contributed by atoms with E-state index in [0.717, 1.165) is 24.8 Å². The van der Waals surface area contributed by atoms with Crippen LogP contribution >= 0.6 is 11.8 Å². The molecule has 1 amide bonds. The number of benzene rings is 1. The van der Waals surface area contributed by atoms with Gasteiger partial charge in [0.25, 0.3) is 5.91 Å². The van der Waals surface area contributed by atoms with E-state index in [1.54, 1.807) is 23.9 Å². The molecule has 6 heteroatoms. The van der Waals surface area contributed by atoms with Crippen LogP contribution in [0.15, 0.2) is 35.3 Å². The maximum atomic E-state index is 11.8. The van der Waals surface area contributed by atoms with Gasteiger partial charge in [0.2, 0.25) is 0 Å². The van der Waals surface area contributed by atoms with E-state index in [9.17, 15) is 4.79 Å². The predicted molar refractivity (Wildman–Crippen MR) is 91.1 cm³/mol. The van der Waals surface area contributed by atoms with E-state index in [-0.39, 0.29) is 5.91 Å². The molecule has 1 aromatic rings. The van der Waals surface area contributed by atoms with Crippen LogP contribution in [0.1, 0.15) is 17.3 Å². The van der Waals surface area contributed by atoms with Gasteiger partial charge in [0, 0.05) is 31.0 Å². The van der Waals surface area contributed by atoms with Gasteiger partial charge in [0.15, 0.2) is 5.96 Å². The zero-order valence-corrected chi connectivity index (χ0v) is 13.5. The Kier molecular flexibility index (Phi) is 9.11. The third kappa shape index (κ3) is 7.60. The van der Waals surface area contributed by atoms with Gasteiger partial charge in [0.05, 0.1) is 6.54 Å². The molecule has 0 bridgehead atoms. The molecule has 1 rings (SSSR count). The van der Waals surface area contributed by atoms with Crippen LogP contribution in [0, 0.1) is 0 Å². The van der Waals surface area contributed by atoms with Crippen molar-refractivity contribution in [1.29, 1.82) is 0 Å². The monoisotopic (exact) mass is 308 g/mol. The topological polar surface area (TPSA) is 65.5 Å². The van der Waals surface area contributed by atoms with Crippen molar-refractivity contribution in [3.05, 3.63) is 35.9 Å². The zero-order valence-electron chi connectivity index (χ0n) is 12.7. The lowest BCUT2D eigenvalue weighted by atomic mass is 10.2. The normalized spacial score (nSPS) is 11.0. The van der Waals surface area contributed by atoms with Gasteiger partial charge in [-0.15, -0.1) is 0 Å². The minimum absolute atomic E-state index is 0.0540. The predicted octanol–water partition coefficient (Wildman–Crippen LogP) is 1.33. The van der Waals surface area contributed by atoms with Gasteiger partial charge in [-0.25, -0.2) is 0 Å². The number of nitrogens with one attached hydrogen (secondary N) is 3. The van der Waals surface area contributed by atoms with E-state index in [2.05, 4.69) is 27.2 Å². The third-order valence-corrected chi connectivity index (χ3v) is 3.24. The molecular weight excluding hydrogens is 284 g/mol. The smallest absolute Gasteiger partial charge is 0.251 e. The molecule has 0 heterocycles. The highest BCUT2D eigenvalue weighted by Crippen LogP contribution is 1.97. The van der Waals surface area contributed by atoms with Crippen LogP contribution in [0.4, 0.5) is 0 Å². The highest BCUT2D eigenvalue weighted by atomic mass is 32.2. The molecule has 0 spiro atoms. The fraction of sp³-hybridized carbons (Fsp3) is 0.467. The highest BCUT2D eigenvalue weighted by Gasteiger charge is 2.03. The molecule has 0 aliphatic carbocycles. The van der Waals surface area contributed by atoms with Crippen molar-refractivity contribution >= 4 is 23.6 Å². The van der Waals surface area contributed by atoms with Gasteiger partial charge in [-0.2, -0.15) is 11.8 Å². The Bertz CT molecular complexity index is 437. The van der Waals surface area contributed by atoms with Crippen molar-refractivity contribution in [3.63, 3.8) is 0 Å². The third-order valence-electron chi connectivity index (χ3n) is 2.65. The van der Waals surface area contributed by atoms with Gasteiger partial charge in [-0.05, 0) is 25.3 Å². The highest BCUT2D eigenvalue weighted by molar-refractivity contribution is 7.98. The van der Waals surface area contributed by atoms with Crippen molar-refractivity contribution in [3.8, 4) is 0 Å². The average Bonchev–Trinajstić information content (AvgIpc) is 2.52. The molecule has 0 aliphatic rings. The van der Waals surface area contributed by atoms with Crippen LogP contribution in [-0.4, -0.2) is 50.1 Å². The summed E-state index contributed by atoms with van der Waals surface area (Å²) >= 11 is 1.77. The molecule has 21 heavy (non-hydrogen) atoms. The Balaban J connectivity index is 2.27. The number of guanidine groups is 1. The number of nitrogens with zero attached hydrogens (tertiary/aromatic N) is 1. The van der Waals surface area contributed by atoms with Crippen molar-refractivity contribution in [2.75, 3.05) is 38.2 Å². The molecular formula is C15H24N4OS. The maximum Gasteiger partial charge on any atom is 0.251 e. The second kappa shape index (κ2) is 11.0. The SMILES string of the molecule is CCNC(=NCCSC)NCCNC(=O)c1ccccc1. The summed E-state index contributed by atoms with van der Waals surface area (Å²) in [7, 11) is 0.